The van der Waals surface area contributed by atoms with Gasteiger partial charge in [-0.15, -0.1) is 11.3 Å². The molecule has 112 valence electrons. The van der Waals surface area contributed by atoms with Crippen LogP contribution in [-0.4, -0.2) is 48.6 Å². The molecule has 0 radical (unpaired) electrons. The number of amides is 2. The summed E-state index contributed by atoms with van der Waals surface area (Å²) in [4.78, 5) is 26.7. The van der Waals surface area contributed by atoms with Gasteiger partial charge in [-0.1, -0.05) is 11.8 Å². The van der Waals surface area contributed by atoms with Gasteiger partial charge >= 0.3 is 0 Å². The van der Waals surface area contributed by atoms with E-state index >= 15 is 0 Å². The second-order valence-electron chi connectivity index (χ2n) is 5.24. The molecule has 1 unspecified atom stereocenters. The number of hydrogen-bond donors (Lipinski definition) is 2. The van der Waals surface area contributed by atoms with Crippen molar-refractivity contribution in [1.82, 2.24) is 10.2 Å². The van der Waals surface area contributed by atoms with Crippen molar-refractivity contribution < 1.29 is 14.7 Å². The van der Waals surface area contributed by atoms with Crippen LogP contribution in [0, 0.1) is 17.3 Å². The summed E-state index contributed by atoms with van der Waals surface area (Å²) in [7, 11) is 1.61. The Morgan fingerprint density at radius 3 is 3.00 bits per heavy atom. The Kier molecular flexibility index (Phi) is 4.66. The van der Waals surface area contributed by atoms with Crippen LogP contribution >= 0.6 is 11.3 Å². The third kappa shape index (κ3) is 3.09. The minimum absolute atomic E-state index is 0.0377. The Balaban J connectivity index is 2.16. The number of aliphatic hydroxyl groups excluding tert-OH is 1. The van der Waals surface area contributed by atoms with E-state index in [1.807, 2.05) is 12.3 Å². The number of hydrogen-bond acceptors (Lipinski definition) is 4. The van der Waals surface area contributed by atoms with Crippen molar-refractivity contribution in [2.24, 2.45) is 5.41 Å². The zero-order chi connectivity index (χ0) is 15.5. The van der Waals surface area contributed by atoms with Crippen molar-refractivity contribution in [3.8, 4) is 11.8 Å². The van der Waals surface area contributed by atoms with E-state index in [0.29, 0.717) is 30.0 Å². The lowest BCUT2D eigenvalue weighted by molar-refractivity contribution is -0.128. The maximum atomic E-state index is 12.6. The third-order valence-electron chi connectivity index (χ3n) is 3.70. The molecular formula is C15H18N2O3S. The molecule has 0 aliphatic carbocycles. The fourth-order valence-electron chi connectivity index (χ4n) is 2.47. The topological polar surface area (TPSA) is 69.6 Å². The van der Waals surface area contributed by atoms with Gasteiger partial charge in [-0.2, -0.15) is 0 Å². The molecule has 0 aromatic carbocycles. The molecule has 0 spiro atoms. The molecule has 5 nitrogen and oxygen atoms in total. The molecule has 1 fully saturated rings. The normalized spacial score (nSPS) is 20.8. The van der Waals surface area contributed by atoms with Crippen LogP contribution in [0.2, 0.25) is 0 Å². The summed E-state index contributed by atoms with van der Waals surface area (Å²) in [6, 6.07) is 1.77. The summed E-state index contributed by atoms with van der Waals surface area (Å²) in [5.41, 5.74) is 0.103. The Bertz CT molecular complexity index is 614. The molecule has 0 bridgehead atoms. The first kappa shape index (κ1) is 15.5. The summed E-state index contributed by atoms with van der Waals surface area (Å²) in [5.74, 6) is 5.21. The number of rotatable bonds is 2. The SMILES string of the molecule is CNC(=O)C1(C)CCN(C(=O)c2sccc2C#CCO)C1. The van der Waals surface area contributed by atoms with Crippen molar-refractivity contribution >= 4 is 23.2 Å². The van der Waals surface area contributed by atoms with Crippen molar-refractivity contribution in [3.63, 3.8) is 0 Å². The number of nitrogens with one attached hydrogen (secondary N) is 1. The lowest BCUT2D eigenvalue weighted by atomic mass is 9.89. The van der Waals surface area contributed by atoms with E-state index in [2.05, 4.69) is 17.2 Å². The first-order chi connectivity index (χ1) is 10.0. The maximum absolute atomic E-state index is 12.6. The fraction of sp³-hybridized carbons (Fsp3) is 0.467. The predicted molar refractivity (Wildman–Crippen MR) is 81.0 cm³/mol. The second kappa shape index (κ2) is 6.29. The van der Waals surface area contributed by atoms with E-state index in [0.717, 1.165) is 0 Å². The number of thiophene rings is 1. The van der Waals surface area contributed by atoms with Gasteiger partial charge in [0, 0.05) is 25.7 Å². The predicted octanol–water partition coefficient (Wildman–Crippen LogP) is 0.690. The standard InChI is InChI=1S/C15H18N2O3S/c1-15(14(20)16-2)6-7-17(10-15)13(19)12-11(4-3-8-18)5-9-21-12/h5,9,18H,6-8,10H2,1-2H3,(H,16,20). The van der Waals surface area contributed by atoms with Gasteiger partial charge in [0.05, 0.1) is 5.41 Å². The van der Waals surface area contributed by atoms with Gasteiger partial charge < -0.3 is 15.3 Å². The minimum Gasteiger partial charge on any atom is -0.384 e. The fourth-order valence-corrected chi connectivity index (χ4v) is 3.29. The maximum Gasteiger partial charge on any atom is 0.265 e. The number of nitrogens with zero attached hydrogens (tertiary/aromatic N) is 1. The minimum atomic E-state index is -0.529. The van der Waals surface area contributed by atoms with Gasteiger partial charge in [0.1, 0.15) is 11.5 Å². The summed E-state index contributed by atoms with van der Waals surface area (Å²) in [6.07, 6.45) is 0.654. The average Bonchev–Trinajstić information content (AvgIpc) is 3.11. The lowest BCUT2D eigenvalue weighted by Crippen LogP contribution is -2.40. The van der Waals surface area contributed by atoms with Gasteiger partial charge in [0.15, 0.2) is 0 Å². The van der Waals surface area contributed by atoms with E-state index in [4.69, 9.17) is 5.11 Å². The first-order valence-corrected chi connectivity index (χ1v) is 7.58. The lowest BCUT2D eigenvalue weighted by Gasteiger charge is -2.22. The molecule has 1 aliphatic rings. The van der Waals surface area contributed by atoms with Crippen molar-refractivity contribution in [1.29, 1.82) is 0 Å². The average molecular weight is 306 g/mol. The van der Waals surface area contributed by atoms with Crippen LogP contribution in [0.15, 0.2) is 11.4 Å². The van der Waals surface area contributed by atoms with Crippen LogP contribution in [0.3, 0.4) is 0 Å². The quantitative estimate of drug-likeness (QED) is 0.790. The van der Waals surface area contributed by atoms with Gasteiger partial charge in [-0.3, -0.25) is 9.59 Å². The smallest absolute Gasteiger partial charge is 0.265 e. The van der Waals surface area contributed by atoms with Crippen LogP contribution < -0.4 is 5.32 Å². The molecule has 1 aromatic heterocycles. The molecule has 21 heavy (non-hydrogen) atoms. The number of carbonyl (C=O) groups is 2. The molecule has 1 aliphatic heterocycles. The Hall–Kier alpha value is -1.84. The molecule has 2 rings (SSSR count). The Labute approximate surface area is 128 Å². The first-order valence-electron chi connectivity index (χ1n) is 6.70. The summed E-state index contributed by atoms with van der Waals surface area (Å²) in [5, 5.41) is 13.2. The highest BCUT2D eigenvalue weighted by Crippen LogP contribution is 2.32. The van der Waals surface area contributed by atoms with Gasteiger partial charge in [0.25, 0.3) is 5.91 Å². The molecule has 1 aromatic rings. The molecule has 6 heteroatoms. The van der Waals surface area contributed by atoms with Crippen molar-refractivity contribution in [2.75, 3.05) is 26.7 Å². The zero-order valence-electron chi connectivity index (χ0n) is 12.1. The summed E-state index contributed by atoms with van der Waals surface area (Å²) in [6.45, 7) is 2.62. The van der Waals surface area contributed by atoms with Crippen LogP contribution in [0.25, 0.3) is 0 Å². The van der Waals surface area contributed by atoms with Gasteiger partial charge in [-0.25, -0.2) is 0 Å². The van der Waals surface area contributed by atoms with Gasteiger partial charge in [0.2, 0.25) is 5.91 Å². The van der Waals surface area contributed by atoms with E-state index in [-0.39, 0.29) is 18.4 Å². The van der Waals surface area contributed by atoms with E-state index in [1.54, 1.807) is 18.0 Å². The Morgan fingerprint density at radius 2 is 2.33 bits per heavy atom. The van der Waals surface area contributed by atoms with Crippen LogP contribution in [-0.2, 0) is 4.79 Å². The van der Waals surface area contributed by atoms with Crippen LogP contribution in [0.4, 0.5) is 0 Å². The molecule has 1 saturated heterocycles. The van der Waals surface area contributed by atoms with E-state index in [9.17, 15) is 9.59 Å². The number of likely N-dealkylation sites (tertiary alicyclic amines) is 1. The third-order valence-corrected chi connectivity index (χ3v) is 4.60. The highest BCUT2D eigenvalue weighted by atomic mass is 32.1. The molecule has 2 heterocycles. The highest BCUT2D eigenvalue weighted by molar-refractivity contribution is 7.12. The molecule has 0 saturated carbocycles. The molecule has 2 amide bonds. The Morgan fingerprint density at radius 1 is 1.57 bits per heavy atom. The van der Waals surface area contributed by atoms with E-state index < -0.39 is 5.41 Å². The highest BCUT2D eigenvalue weighted by Gasteiger charge is 2.42. The van der Waals surface area contributed by atoms with Crippen LogP contribution in [0.1, 0.15) is 28.6 Å². The number of aliphatic hydroxyl groups is 1. The largest absolute Gasteiger partial charge is 0.384 e. The van der Waals surface area contributed by atoms with Crippen molar-refractivity contribution in [3.05, 3.63) is 21.9 Å². The van der Waals surface area contributed by atoms with Gasteiger partial charge in [-0.05, 0) is 24.8 Å². The molecule has 1 atom stereocenters. The van der Waals surface area contributed by atoms with Crippen LogP contribution in [0.5, 0.6) is 0 Å². The zero-order valence-corrected chi connectivity index (χ0v) is 12.9. The number of carbonyl (C=O) groups excluding carboxylic acids is 2. The van der Waals surface area contributed by atoms with Crippen molar-refractivity contribution in [2.45, 2.75) is 13.3 Å². The summed E-state index contributed by atoms with van der Waals surface area (Å²) >= 11 is 1.33. The molecule has 2 N–H and O–H groups in total. The van der Waals surface area contributed by atoms with E-state index in [1.165, 1.54) is 11.3 Å². The second-order valence-corrected chi connectivity index (χ2v) is 6.16. The summed E-state index contributed by atoms with van der Waals surface area (Å²) < 4.78 is 0. The monoisotopic (exact) mass is 306 g/mol. The molecular weight excluding hydrogens is 288 g/mol.